The van der Waals surface area contributed by atoms with Gasteiger partial charge in [0.05, 0.1) is 17.7 Å². The maximum Gasteiger partial charge on any atom is 0.254 e. The minimum absolute atomic E-state index is 0.152. The molecule has 0 saturated heterocycles. The Bertz CT molecular complexity index is 1220. The number of nitrogens with zero attached hydrogens (tertiary/aromatic N) is 1. The van der Waals surface area contributed by atoms with Gasteiger partial charge in [0.15, 0.2) is 0 Å². The fourth-order valence-corrected chi connectivity index (χ4v) is 4.70. The molecule has 0 unspecified atom stereocenters. The molecule has 0 saturated carbocycles. The van der Waals surface area contributed by atoms with E-state index >= 15 is 0 Å². The molecule has 3 aromatic rings. The number of fused-ring (bicyclic) bond motifs is 1. The van der Waals surface area contributed by atoms with E-state index in [1.165, 1.54) is 18.2 Å². The first-order valence-corrected chi connectivity index (χ1v) is 12.3. The number of aliphatic hydroxyl groups is 1. The lowest BCUT2D eigenvalue weighted by atomic mass is 10.0. The molecular formula is C29H32F2N2O3. The number of halogens is 2. The van der Waals surface area contributed by atoms with Crippen molar-refractivity contribution in [3.8, 4) is 11.1 Å². The Morgan fingerprint density at radius 3 is 2.67 bits per heavy atom. The summed E-state index contributed by atoms with van der Waals surface area (Å²) in [5.74, 6) is -1.83. The number of amides is 1. The number of hydrogen-bond acceptors (Lipinski definition) is 4. The molecule has 0 bridgehead atoms. The highest BCUT2D eigenvalue weighted by atomic mass is 19.1. The molecule has 7 heteroatoms. The number of hydrogen-bond donors (Lipinski definition) is 2. The highest BCUT2D eigenvalue weighted by molar-refractivity contribution is 5.95. The van der Waals surface area contributed by atoms with Crippen LogP contribution in [0.25, 0.3) is 11.1 Å². The van der Waals surface area contributed by atoms with E-state index in [9.17, 15) is 18.7 Å². The van der Waals surface area contributed by atoms with Gasteiger partial charge in [0.25, 0.3) is 5.91 Å². The zero-order valence-corrected chi connectivity index (χ0v) is 20.6. The van der Waals surface area contributed by atoms with Gasteiger partial charge in [0, 0.05) is 38.3 Å². The van der Waals surface area contributed by atoms with Gasteiger partial charge in [-0.2, -0.15) is 0 Å². The minimum atomic E-state index is -0.802. The van der Waals surface area contributed by atoms with Gasteiger partial charge in [-0.15, -0.1) is 0 Å². The van der Waals surface area contributed by atoms with Crippen molar-refractivity contribution in [2.75, 3.05) is 26.8 Å². The van der Waals surface area contributed by atoms with Crippen LogP contribution in [0.4, 0.5) is 8.78 Å². The van der Waals surface area contributed by atoms with Gasteiger partial charge in [-0.25, -0.2) is 8.78 Å². The minimum Gasteiger partial charge on any atom is -0.390 e. The molecular weight excluding hydrogens is 462 g/mol. The van der Waals surface area contributed by atoms with Crippen LogP contribution >= 0.6 is 0 Å². The summed E-state index contributed by atoms with van der Waals surface area (Å²) in [4.78, 5) is 15.2. The Morgan fingerprint density at radius 1 is 1.11 bits per heavy atom. The lowest BCUT2D eigenvalue weighted by Crippen LogP contribution is -2.34. The molecule has 0 aromatic heterocycles. The molecule has 1 aliphatic carbocycles. The van der Waals surface area contributed by atoms with Crippen molar-refractivity contribution in [3.63, 3.8) is 0 Å². The topological polar surface area (TPSA) is 61.8 Å². The third-order valence-corrected chi connectivity index (χ3v) is 6.53. The van der Waals surface area contributed by atoms with E-state index in [0.29, 0.717) is 18.6 Å². The van der Waals surface area contributed by atoms with Crippen LogP contribution in [0.5, 0.6) is 0 Å². The van der Waals surface area contributed by atoms with Crippen LogP contribution in [0.15, 0.2) is 60.7 Å². The summed E-state index contributed by atoms with van der Waals surface area (Å²) in [6.07, 6.45) is 0.553. The van der Waals surface area contributed by atoms with E-state index in [1.807, 2.05) is 32.2 Å². The average Bonchev–Trinajstić information content (AvgIpc) is 3.16. The van der Waals surface area contributed by atoms with Gasteiger partial charge in [0.2, 0.25) is 0 Å². The molecule has 36 heavy (non-hydrogen) atoms. The van der Waals surface area contributed by atoms with E-state index < -0.39 is 29.7 Å². The summed E-state index contributed by atoms with van der Waals surface area (Å²) < 4.78 is 34.4. The maximum absolute atomic E-state index is 14.9. The van der Waals surface area contributed by atoms with Crippen molar-refractivity contribution in [2.45, 2.75) is 38.5 Å². The summed E-state index contributed by atoms with van der Waals surface area (Å²) in [5, 5.41) is 13.5. The molecule has 1 aliphatic rings. The Hall–Kier alpha value is -3.13. The van der Waals surface area contributed by atoms with Crippen molar-refractivity contribution >= 4 is 5.91 Å². The fourth-order valence-electron chi connectivity index (χ4n) is 4.70. The molecule has 0 aliphatic heterocycles. The molecule has 0 heterocycles. The number of rotatable bonds is 10. The van der Waals surface area contributed by atoms with E-state index in [0.717, 1.165) is 48.9 Å². The molecule has 4 rings (SSSR count). The zero-order valence-electron chi connectivity index (χ0n) is 20.6. The summed E-state index contributed by atoms with van der Waals surface area (Å²) in [6, 6.07) is 15.5. The highest BCUT2D eigenvalue weighted by Gasteiger charge is 2.33. The van der Waals surface area contributed by atoms with Gasteiger partial charge in [-0.1, -0.05) is 42.5 Å². The quantitative estimate of drug-likeness (QED) is 0.395. The molecule has 0 fully saturated rings. The number of benzene rings is 3. The Labute approximate surface area is 210 Å². The van der Waals surface area contributed by atoms with Crippen LogP contribution < -0.4 is 5.32 Å². The van der Waals surface area contributed by atoms with Crippen LogP contribution in [-0.2, 0) is 17.7 Å². The summed E-state index contributed by atoms with van der Waals surface area (Å²) in [6.45, 7) is 5.03. The van der Waals surface area contributed by atoms with Crippen LogP contribution in [0.1, 0.15) is 46.4 Å². The summed E-state index contributed by atoms with van der Waals surface area (Å²) >= 11 is 0. The first kappa shape index (κ1) is 25.9. The van der Waals surface area contributed by atoms with Crippen LogP contribution in [0.3, 0.4) is 0 Å². The van der Waals surface area contributed by atoms with Gasteiger partial charge < -0.3 is 20.1 Å². The monoisotopic (exact) mass is 494 g/mol. The van der Waals surface area contributed by atoms with E-state index in [1.54, 1.807) is 18.2 Å². The van der Waals surface area contributed by atoms with Crippen molar-refractivity contribution in [1.82, 2.24) is 10.2 Å². The Kier molecular flexibility index (Phi) is 8.46. The van der Waals surface area contributed by atoms with E-state index in [2.05, 4.69) is 10.2 Å². The lowest BCUT2D eigenvalue weighted by molar-refractivity contribution is 0.0854. The molecule has 1 amide bonds. The first-order chi connectivity index (χ1) is 17.4. The lowest BCUT2D eigenvalue weighted by Gasteiger charge is -2.20. The largest absolute Gasteiger partial charge is 0.390 e. The summed E-state index contributed by atoms with van der Waals surface area (Å²) in [7, 11) is 2.04. The number of carbonyl (C=O) groups excluding carboxylic acids is 1. The second kappa shape index (κ2) is 11.7. The van der Waals surface area contributed by atoms with Crippen molar-refractivity contribution < 1.29 is 23.4 Å². The fraction of sp³-hybridized carbons (Fsp3) is 0.345. The van der Waals surface area contributed by atoms with E-state index in [-0.39, 0.29) is 11.1 Å². The first-order valence-electron chi connectivity index (χ1n) is 12.3. The predicted octanol–water partition coefficient (Wildman–Crippen LogP) is 4.88. The number of carbonyl (C=O) groups is 1. The van der Waals surface area contributed by atoms with Crippen molar-refractivity contribution in [3.05, 3.63) is 94.6 Å². The van der Waals surface area contributed by atoms with Crippen LogP contribution in [0, 0.1) is 11.6 Å². The smallest absolute Gasteiger partial charge is 0.254 e. The highest BCUT2D eigenvalue weighted by Crippen LogP contribution is 2.33. The van der Waals surface area contributed by atoms with Gasteiger partial charge in [0.1, 0.15) is 11.6 Å². The maximum atomic E-state index is 14.9. The molecule has 5 nitrogen and oxygen atoms in total. The number of aliphatic hydroxyl groups excluding tert-OH is 1. The second-order valence-corrected chi connectivity index (χ2v) is 9.22. The van der Waals surface area contributed by atoms with Crippen molar-refractivity contribution in [2.24, 2.45) is 0 Å². The SMILES string of the molecule is CCOCCCN(C)Cc1ccc2c(c1)[C@@H](NC(=O)c1ccc(-c3ccccc3F)cc1F)[C@H](O)C2. The van der Waals surface area contributed by atoms with Gasteiger partial charge in [-0.3, -0.25) is 4.79 Å². The average molecular weight is 495 g/mol. The predicted molar refractivity (Wildman–Crippen MR) is 136 cm³/mol. The van der Waals surface area contributed by atoms with Crippen LogP contribution in [-0.4, -0.2) is 48.8 Å². The van der Waals surface area contributed by atoms with E-state index in [4.69, 9.17) is 4.74 Å². The third kappa shape index (κ3) is 5.98. The molecule has 0 radical (unpaired) electrons. The standard InChI is InChI=1S/C29H32F2N2O3/c1-3-36-14-6-13-33(2)18-19-9-10-21-17-27(34)28(24(21)15-19)32-29(35)23-12-11-20(16-26(23)31)22-7-4-5-8-25(22)30/h4-5,7-12,15-16,27-28,34H,3,6,13-14,17-18H2,1-2H3,(H,32,35)/t27-,28-/m1/s1. The molecule has 2 N–H and O–H groups in total. The number of ether oxygens (including phenoxy) is 1. The zero-order chi connectivity index (χ0) is 25.7. The summed E-state index contributed by atoms with van der Waals surface area (Å²) in [5.41, 5.74) is 3.34. The van der Waals surface area contributed by atoms with Crippen LogP contribution in [0.2, 0.25) is 0 Å². The molecule has 3 aromatic carbocycles. The third-order valence-electron chi connectivity index (χ3n) is 6.53. The molecule has 0 spiro atoms. The Balaban J connectivity index is 1.46. The second-order valence-electron chi connectivity index (χ2n) is 9.22. The number of nitrogens with one attached hydrogen (secondary N) is 1. The van der Waals surface area contributed by atoms with Gasteiger partial charge in [-0.05, 0) is 60.8 Å². The molecule has 2 atom stereocenters. The molecule has 190 valence electrons. The van der Waals surface area contributed by atoms with Crippen molar-refractivity contribution in [1.29, 1.82) is 0 Å². The normalized spacial score (nSPS) is 16.8. The van der Waals surface area contributed by atoms with Gasteiger partial charge >= 0.3 is 0 Å². The Morgan fingerprint density at radius 2 is 1.92 bits per heavy atom.